The zero-order valence-electron chi connectivity index (χ0n) is 13.5. The molecule has 0 fully saturated rings. The molecule has 0 aliphatic heterocycles. The zero-order valence-corrected chi connectivity index (χ0v) is 15.9. The average molecular weight is 399 g/mol. The Balaban J connectivity index is 1.90. The van der Waals surface area contributed by atoms with E-state index in [1.165, 1.54) is 30.9 Å². The number of nitrogens with one attached hydrogen (secondary N) is 1. The summed E-state index contributed by atoms with van der Waals surface area (Å²) >= 11 is 13.1. The maximum Gasteiger partial charge on any atom is 0.319 e. The quantitative estimate of drug-likeness (QED) is 0.575. The van der Waals surface area contributed by atoms with Gasteiger partial charge in [0.2, 0.25) is 0 Å². The topological polar surface area (TPSA) is 68.3 Å². The number of ether oxygens (including phenoxy) is 1. The third-order valence-electron chi connectivity index (χ3n) is 3.10. The van der Waals surface area contributed by atoms with E-state index in [4.69, 9.17) is 27.9 Å². The summed E-state index contributed by atoms with van der Waals surface area (Å²) in [6, 6.07) is 10.9. The second kappa shape index (κ2) is 9.08. The predicted octanol–water partition coefficient (Wildman–Crippen LogP) is 4.44. The second-order valence-corrected chi connectivity index (χ2v) is 7.38. The summed E-state index contributed by atoms with van der Waals surface area (Å²) in [5.41, 5.74) is 0. The van der Waals surface area contributed by atoms with Crippen LogP contribution in [0.25, 0.3) is 0 Å². The number of rotatable bonds is 6. The first-order chi connectivity index (χ1) is 11.9. The molecule has 0 saturated carbocycles. The van der Waals surface area contributed by atoms with Crippen LogP contribution >= 0.6 is 35.0 Å². The smallest absolute Gasteiger partial charge is 0.319 e. The molecule has 0 saturated heterocycles. The number of thioether (sulfide) groups is 1. The number of esters is 1. The molecule has 132 valence electrons. The van der Waals surface area contributed by atoms with Crippen molar-refractivity contribution in [3.63, 3.8) is 0 Å². The van der Waals surface area contributed by atoms with Crippen molar-refractivity contribution in [1.82, 2.24) is 4.98 Å². The van der Waals surface area contributed by atoms with Gasteiger partial charge in [-0.05, 0) is 32.0 Å². The van der Waals surface area contributed by atoms with Crippen LogP contribution in [0.5, 0.6) is 0 Å². The van der Waals surface area contributed by atoms with Gasteiger partial charge in [0.1, 0.15) is 5.25 Å². The predicted molar refractivity (Wildman–Crippen MR) is 100 cm³/mol. The Morgan fingerprint density at radius 1 is 1.20 bits per heavy atom. The van der Waals surface area contributed by atoms with Crippen LogP contribution in [-0.4, -0.2) is 28.2 Å². The Morgan fingerprint density at radius 3 is 2.52 bits per heavy atom. The minimum Gasteiger partial charge on any atom is -0.452 e. The molecule has 0 radical (unpaired) electrons. The van der Waals surface area contributed by atoms with Crippen molar-refractivity contribution in [2.75, 3.05) is 5.32 Å². The van der Waals surface area contributed by atoms with Crippen molar-refractivity contribution in [3.8, 4) is 0 Å². The van der Waals surface area contributed by atoms with Gasteiger partial charge in [0.15, 0.2) is 11.9 Å². The standard InChI is InChI=1S/C17H16Cl2N2O3S/c1-10(16(22)21-15-14(19)8-12(18)9-20-15)24-17(23)11(2)25-13-6-4-3-5-7-13/h3-11H,1-2H3,(H,20,21,22)/t10-,11+/m1/s1. The van der Waals surface area contributed by atoms with Crippen molar-refractivity contribution in [2.45, 2.75) is 30.1 Å². The SMILES string of the molecule is C[C@H](Sc1ccccc1)C(=O)O[C@H](C)C(=O)Nc1ncc(Cl)cc1Cl. The van der Waals surface area contributed by atoms with Crippen LogP contribution in [0, 0.1) is 0 Å². The number of anilines is 1. The summed E-state index contributed by atoms with van der Waals surface area (Å²) < 4.78 is 5.21. The number of carbonyl (C=O) groups excluding carboxylic acids is 2. The molecule has 0 aliphatic rings. The molecule has 0 unspecified atom stereocenters. The van der Waals surface area contributed by atoms with Gasteiger partial charge in [-0.2, -0.15) is 0 Å². The third kappa shape index (κ3) is 5.92. The number of pyridine rings is 1. The number of benzene rings is 1. The highest BCUT2D eigenvalue weighted by atomic mass is 35.5. The van der Waals surface area contributed by atoms with E-state index in [9.17, 15) is 9.59 Å². The Kier molecular flexibility index (Phi) is 7.11. The van der Waals surface area contributed by atoms with Gasteiger partial charge in [-0.15, -0.1) is 11.8 Å². The molecule has 1 N–H and O–H groups in total. The van der Waals surface area contributed by atoms with Crippen LogP contribution in [0.4, 0.5) is 5.82 Å². The molecule has 0 aliphatic carbocycles. The molecule has 2 atom stereocenters. The molecule has 2 aromatic rings. The lowest BCUT2D eigenvalue weighted by atomic mass is 10.3. The fourth-order valence-electron chi connectivity index (χ4n) is 1.80. The van der Waals surface area contributed by atoms with Gasteiger partial charge in [0.25, 0.3) is 5.91 Å². The monoisotopic (exact) mass is 398 g/mol. The third-order valence-corrected chi connectivity index (χ3v) is 4.68. The molecular weight excluding hydrogens is 383 g/mol. The van der Waals surface area contributed by atoms with Gasteiger partial charge in [-0.3, -0.25) is 9.59 Å². The van der Waals surface area contributed by atoms with Crippen LogP contribution in [-0.2, 0) is 14.3 Å². The van der Waals surface area contributed by atoms with Crippen molar-refractivity contribution in [2.24, 2.45) is 0 Å². The van der Waals surface area contributed by atoms with E-state index in [1.54, 1.807) is 6.92 Å². The first-order valence-corrected chi connectivity index (χ1v) is 9.04. The highest BCUT2D eigenvalue weighted by Crippen LogP contribution is 2.25. The van der Waals surface area contributed by atoms with E-state index in [-0.39, 0.29) is 10.8 Å². The fraction of sp³-hybridized carbons (Fsp3) is 0.235. The summed E-state index contributed by atoms with van der Waals surface area (Å²) in [7, 11) is 0. The van der Waals surface area contributed by atoms with E-state index in [2.05, 4.69) is 10.3 Å². The van der Waals surface area contributed by atoms with Gasteiger partial charge in [0, 0.05) is 11.1 Å². The first-order valence-electron chi connectivity index (χ1n) is 7.41. The van der Waals surface area contributed by atoms with Gasteiger partial charge < -0.3 is 10.1 Å². The number of aromatic nitrogens is 1. The van der Waals surface area contributed by atoms with Gasteiger partial charge in [-0.25, -0.2) is 4.98 Å². The second-order valence-electron chi connectivity index (χ2n) is 5.13. The maximum absolute atomic E-state index is 12.1. The lowest BCUT2D eigenvalue weighted by Gasteiger charge is -2.16. The normalized spacial score (nSPS) is 13.0. The van der Waals surface area contributed by atoms with E-state index < -0.39 is 23.2 Å². The summed E-state index contributed by atoms with van der Waals surface area (Å²) in [5.74, 6) is -0.848. The van der Waals surface area contributed by atoms with Gasteiger partial charge >= 0.3 is 5.97 Å². The van der Waals surface area contributed by atoms with Crippen LogP contribution in [0.2, 0.25) is 10.0 Å². The van der Waals surface area contributed by atoms with Gasteiger partial charge in [-0.1, -0.05) is 41.4 Å². The zero-order chi connectivity index (χ0) is 18.4. The summed E-state index contributed by atoms with van der Waals surface area (Å²) in [5, 5.41) is 2.61. The van der Waals surface area contributed by atoms with Crippen LogP contribution in [0.1, 0.15) is 13.8 Å². The Bertz CT molecular complexity index is 759. The van der Waals surface area contributed by atoms with E-state index in [0.717, 1.165) is 4.90 Å². The molecule has 5 nitrogen and oxygen atoms in total. The minimum absolute atomic E-state index is 0.158. The largest absolute Gasteiger partial charge is 0.452 e. The number of hydrogen-bond acceptors (Lipinski definition) is 5. The lowest BCUT2D eigenvalue weighted by molar-refractivity contribution is -0.152. The van der Waals surface area contributed by atoms with E-state index in [1.807, 2.05) is 30.3 Å². The van der Waals surface area contributed by atoms with Crippen LogP contribution in [0.15, 0.2) is 47.5 Å². The average Bonchev–Trinajstić information content (AvgIpc) is 2.58. The van der Waals surface area contributed by atoms with Crippen molar-refractivity contribution in [3.05, 3.63) is 52.6 Å². The number of carbonyl (C=O) groups is 2. The minimum atomic E-state index is -0.986. The number of hydrogen-bond donors (Lipinski definition) is 1. The lowest BCUT2D eigenvalue weighted by Crippen LogP contribution is -2.32. The number of halogens is 2. The first kappa shape index (κ1) is 19.6. The highest BCUT2D eigenvalue weighted by Gasteiger charge is 2.23. The molecule has 8 heteroatoms. The highest BCUT2D eigenvalue weighted by molar-refractivity contribution is 8.00. The number of amides is 1. The molecule has 25 heavy (non-hydrogen) atoms. The molecule has 0 spiro atoms. The molecule has 1 aromatic carbocycles. The summed E-state index contributed by atoms with van der Waals surface area (Å²) in [6.45, 7) is 3.21. The molecule has 0 bridgehead atoms. The Hall–Kier alpha value is -1.76. The molecule has 1 aromatic heterocycles. The molecule has 1 amide bonds. The van der Waals surface area contributed by atoms with E-state index >= 15 is 0 Å². The Labute approximate surface area is 160 Å². The van der Waals surface area contributed by atoms with Crippen LogP contribution in [0.3, 0.4) is 0 Å². The van der Waals surface area contributed by atoms with Crippen molar-refractivity contribution in [1.29, 1.82) is 0 Å². The van der Waals surface area contributed by atoms with Crippen LogP contribution < -0.4 is 5.32 Å². The van der Waals surface area contributed by atoms with Crippen molar-refractivity contribution >= 4 is 52.7 Å². The number of nitrogens with zero attached hydrogens (tertiary/aromatic N) is 1. The molecular formula is C17H16Cl2N2O3S. The van der Waals surface area contributed by atoms with Gasteiger partial charge in [0.05, 0.1) is 10.0 Å². The van der Waals surface area contributed by atoms with E-state index in [0.29, 0.717) is 5.02 Å². The molecule has 1 heterocycles. The summed E-state index contributed by atoms with van der Waals surface area (Å²) in [6.07, 6.45) is 0.373. The Morgan fingerprint density at radius 2 is 1.88 bits per heavy atom. The van der Waals surface area contributed by atoms with Crippen molar-refractivity contribution < 1.29 is 14.3 Å². The molecule has 2 rings (SSSR count). The maximum atomic E-state index is 12.1. The summed E-state index contributed by atoms with van der Waals surface area (Å²) in [4.78, 5) is 29.2. The fourth-order valence-corrected chi connectivity index (χ4v) is 3.10.